The van der Waals surface area contributed by atoms with Gasteiger partial charge in [-0.25, -0.2) is 8.42 Å². The number of fused-ring (bicyclic) bond motifs is 1. The third-order valence-electron chi connectivity index (χ3n) is 2.78. The first-order chi connectivity index (χ1) is 9.53. The maximum atomic E-state index is 12.0. The molecule has 4 nitrogen and oxygen atoms in total. The number of alkyl halides is 1. The number of rotatable bonds is 6. The molecule has 0 atom stereocenters. The Hall–Kier alpha value is -1.04. The van der Waals surface area contributed by atoms with Crippen LogP contribution >= 0.6 is 23.2 Å². The standard InChI is InChI=1S/C13H14Cl2N2O2S/c14-7-1-2-9-20(18,19)17-12-6-5-11(15)13-10(12)4-3-8-16-13/h3-6,8,17H,1-2,7,9H2. The van der Waals surface area contributed by atoms with Crippen LogP contribution in [0.4, 0.5) is 5.69 Å². The van der Waals surface area contributed by atoms with E-state index in [0.717, 1.165) is 0 Å². The highest BCUT2D eigenvalue weighted by molar-refractivity contribution is 7.92. The maximum Gasteiger partial charge on any atom is 0.232 e. The van der Waals surface area contributed by atoms with E-state index in [1.807, 2.05) is 0 Å². The lowest BCUT2D eigenvalue weighted by atomic mass is 10.2. The Kier molecular flexibility index (Phi) is 5.07. The molecule has 108 valence electrons. The molecular weight excluding hydrogens is 319 g/mol. The average molecular weight is 333 g/mol. The van der Waals surface area contributed by atoms with Gasteiger partial charge < -0.3 is 0 Å². The lowest BCUT2D eigenvalue weighted by Gasteiger charge is -2.10. The summed E-state index contributed by atoms with van der Waals surface area (Å²) < 4.78 is 26.6. The van der Waals surface area contributed by atoms with Gasteiger partial charge in [-0.1, -0.05) is 11.6 Å². The molecule has 1 aromatic heterocycles. The van der Waals surface area contributed by atoms with E-state index in [9.17, 15) is 8.42 Å². The molecule has 20 heavy (non-hydrogen) atoms. The van der Waals surface area contributed by atoms with Crippen molar-refractivity contribution in [2.75, 3.05) is 16.4 Å². The molecule has 2 aromatic rings. The van der Waals surface area contributed by atoms with Crippen molar-refractivity contribution in [3.05, 3.63) is 35.5 Å². The number of hydrogen-bond acceptors (Lipinski definition) is 3. The number of unbranched alkanes of at least 4 members (excludes halogenated alkanes) is 1. The molecule has 1 heterocycles. The number of anilines is 1. The number of hydrogen-bond donors (Lipinski definition) is 1. The van der Waals surface area contributed by atoms with Crippen LogP contribution in [0.1, 0.15) is 12.8 Å². The molecule has 0 aliphatic carbocycles. The van der Waals surface area contributed by atoms with Gasteiger partial charge in [-0.05, 0) is 37.1 Å². The van der Waals surface area contributed by atoms with Crippen molar-refractivity contribution < 1.29 is 8.42 Å². The van der Waals surface area contributed by atoms with Crippen LogP contribution in [0, 0.1) is 0 Å². The van der Waals surface area contributed by atoms with E-state index >= 15 is 0 Å². The predicted octanol–water partition coefficient (Wildman–Crippen LogP) is 3.65. The summed E-state index contributed by atoms with van der Waals surface area (Å²) in [4.78, 5) is 4.16. The Balaban J connectivity index is 2.28. The Bertz CT molecular complexity index is 705. The van der Waals surface area contributed by atoms with Gasteiger partial charge in [-0.3, -0.25) is 9.71 Å². The molecule has 0 aliphatic heterocycles. The van der Waals surface area contributed by atoms with Crippen LogP contribution in [0.5, 0.6) is 0 Å². The largest absolute Gasteiger partial charge is 0.283 e. The van der Waals surface area contributed by atoms with Gasteiger partial charge in [0.15, 0.2) is 0 Å². The zero-order valence-corrected chi connectivity index (χ0v) is 13.0. The highest BCUT2D eigenvalue weighted by Gasteiger charge is 2.13. The third-order valence-corrected chi connectivity index (χ3v) is 4.71. The Morgan fingerprint density at radius 2 is 2.00 bits per heavy atom. The van der Waals surface area contributed by atoms with Crippen LogP contribution in [0.25, 0.3) is 10.9 Å². The molecule has 0 fully saturated rings. The van der Waals surface area contributed by atoms with Crippen LogP contribution in [0.2, 0.25) is 5.02 Å². The molecule has 0 saturated carbocycles. The Labute approximate surface area is 128 Å². The van der Waals surface area contributed by atoms with Crippen molar-refractivity contribution >= 4 is 49.8 Å². The summed E-state index contributed by atoms with van der Waals surface area (Å²) in [6.45, 7) is 0. The summed E-state index contributed by atoms with van der Waals surface area (Å²) in [5.74, 6) is 0.507. The van der Waals surface area contributed by atoms with Gasteiger partial charge in [0, 0.05) is 17.5 Å². The molecule has 0 spiro atoms. The van der Waals surface area contributed by atoms with Crippen molar-refractivity contribution in [2.45, 2.75) is 12.8 Å². The van der Waals surface area contributed by atoms with Crippen molar-refractivity contribution in [3.63, 3.8) is 0 Å². The topological polar surface area (TPSA) is 59.1 Å². The fourth-order valence-electron chi connectivity index (χ4n) is 1.83. The zero-order chi connectivity index (χ0) is 14.6. The average Bonchev–Trinajstić information content (AvgIpc) is 2.42. The molecular formula is C13H14Cl2N2O2S. The normalized spacial score (nSPS) is 11.7. The molecule has 0 saturated heterocycles. The van der Waals surface area contributed by atoms with Gasteiger partial charge in [0.2, 0.25) is 10.0 Å². The molecule has 0 amide bonds. The van der Waals surface area contributed by atoms with Crippen molar-refractivity contribution in [2.24, 2.45) is 0 Å². The van der Waals surface area contributed by atoms with Gasteiger partial charge >= 0.3 is 0 Å². The minimum Gasteiger partial charge on any atom is -0.283 e. The number of aromatic nitrogens is 1. The predicted molar refractivity (Wildman–Crippen MR) is 84.1 cm³/mol. The summed E-state index contributed by atoms with van der Waals surface area (Å²) in [6, 6.07) is 6.80. The fourth-order valence-corrected chi connectivity index (χ4v) is 3.43. The molecule has 0 aliphatic rings. The van der Waals surface area contributed by atoms with E-state index in [1.54, 1.807) is 30.5 Å². The fraction of sp³-hybridized carbons (Fsp3) is 0.308. The van der Waals surface area contributed by atoms with Crippen LogP contribution in [-0.4, -0.2) is 25.0 Å². The van der Waals surface area contributed by atoms with Gasteiger partial charge in [-0.2, -0.15) is 0 Å². The van der Waals surface area contributed by atoms with E-state index in [1.165, 1.54) is 0 Å². The van der Waals surface area contributed by atoms with E-state index in [2.05, 4.69) is 9.71 Å². The van der Waals surface area contributed by atoms with Gasteiger partial charge in [-0.15, -0.1) is 11.6 Å². The smallest absolute Gasteiger partial charge is 0.232 e. The summed E-state index contributed by atoms with van der Waals surface area (Å²) in [5.41, 5.74) is 1.07. The molecule has 7 heteroatoms. The third kappa shape index (κ3) is 3.75. The van der Waals surface area contributed by atoms with Crippen molar-refractivity contribution in [1.82, 2.24) is 4.98 Å². The second kappa shape index (κ2) is 6.61. The highest BCUT2D eigenvalue weighted by Crippen LogP contribution is 2.28. The Morgan fingerprint density at radius 3 is 2.75 bits per heavy atom. The van der Waals surface area contributed by atoms with Crippen LogP contribution < -0.4 is 4.72 Å². The molecule has 0 radical (unpaired) electrons. The first-order valence-electron chi connectivity index (χ1n) is 6.13. The quantitative estimate of drug-likeness (QED) is 0.648. The van der Waals surface area contributed by atoms with E-state index < -0.39 is 10.0 Å². The van der Waals surface area contributed by atoms with Crippen molar-refractivity contribution in [1.29, 1.82) is 0 Å². The summed E-state index contributed by atoms with van der Waals surface area (Å²) in [7, 11) is -3.39. The molecule has 1 N–H and O–H groups in total. The lowest BCUT2D eigenvalue weighted by Crippen LogP contribution is -2.17. The van der Waals surface area contributed by atoms with Gasteiger partial charge in [0.05, 0.1) is 22.0 Å². The van der Waals surface area contributed by atoms with Crippen molar-refractivity contribution in [3.8, 4) is 0 Å². The van der Waals surface area contributed by atoms with E-state index in [4.69, 9.17) is 23.2 Å². The number of nitrogens with one attached hydrogen (secondary N) is 1. The molecule has 0 unspecified atom stereocenters. The Morgan fingerprint density at radius 1 is 1.20 bits per heavy atom. The van der Waals surface area contributed by atoms with E-state index in [-0.39, 0.29) is 5.75 Å². The zero-order valence-electron chi connectivity index (χ0n) is 10.6. The maximum absolute atomic E-state index is 12.0. The summed E-state index contributed by atoms with van der Waals surface area (Å²) in [5, 5.41) is 1.17. The number of halogens is 2. The lowest BCUT2D eigenvalue weighted by molar-refractivity contribution is 0.598. The summed E-state index contributed by atoms with van der Waals surface area (Å²) >= 11 is 11.6. The number of nitrogens with zero attached hydrogens (tertiary/aromatic N) is 1. The second-order valence-corrected chi connectivity index (χ2v) is 6.94. The number of pyridine rings is 1. The van der Waals surface area contributed by atoms with E-state index in [0.29, 0.717) is 40.3 Å². The minimum absolute atomic E-state index is 0.0457. The van der Waals surface area contributed by atoms with Crippen LogP contribution in [0.3, 0.4) is 0 Å². The molecule has 2 rings (SSSR count). The molecule has 0 bridgehead atoms. The SMILES string of the molecule is O=S(=O)(CCCCCl)Nc1ccc(Cl)c2ncccc12. The number of sulfonamides is 1. The molecule has 1 aromatic carbocycles. The highest BCUT2D eigenvalue weighted by atomic mass is 35.5. The minimum atomic E-state index is -3.39. The van der Waals surface area contributed by atoms with Crippen LogP contribution in [-0.2, 0) is 10.0 Å². The number of benzene rings is 1. The monoisotopic (exact) mass is 332 g/mol. The summed E-state index contributed by atoms with van der Waals surface area (Å²) in [6.07, 6.45) is 2.82. The first kappa shape index (κ1) is 15.4. The first-order valence-corrected chi connectivity index (χ1v) is 8.69. The van der Waals surface area contributed by atoms with Gasteiger partial charge in [0.25, 0.3) is 0 Å². The van der Waals surface area contributed by atoms with Gasteiger partial charge in [0.1, 0.15) is 0 Å². The second-order valence-electron chi connectivity index (χ2n) is 4.31. The van der Waals surface area contributed by atoms with Crippen LogP contribution in [0.15, 0.2) is 30.5 Å².